The molecular weight excluding hydrogens is 250 g/mol. The Hall–Kier alpha value is -0.910. The van der Waals surface area contributed by atoms with Gasteiger partial charge in [0.15, 0.2) is 11.5 Å². The number of aliphatic hydroxyl groups is 1. The topological polar surface area (TPSA) is 72.7 Å². The first-order chi connectivity index (χ1) is 8.65. The summed E-state index contributed by atoms with van der Waals surface area (Å²) in [6.45, 7) is 3.45. The standard InChI is InChI=1S/C13H21NO3S/c1-2-18-7-3-6-14-9-13(17)10-4-5-11(15)12(16)8-10/h4-5,8,13-17H,2-3,6-7,9H2,1H3/t13-/m0/s1. The van der Waals surface area contributed by atoms with E-state index in [4.69, 9.17) is 0 Å². The number of phenols is 2. The largest absolute Gasteiger partial charge is 0.504 e. The van der Waals surface area contributed by atoms with E-state index in [1.54, 1.807) is 6.07 Å². The van der Waals surface area contributed by atoms with Gasteiger partial charge in [-0.2, -0.15) is 11.8 Å². The van der Waals surface area contributed by atoms with E-state index in [9.17, 15) is 15.3 Å². The van der Waals surface area contributed by atoms with Crippen LogP contribution in [0, 0.1) is 0 Å². The van der Waals surface area contributed by atoms with Gasteiger partial charge in [-0.1, -0.05) is 13.0 Å². The van der Waals surface area contributed by atoms with Gasteiger partial charge in [0.1, 0.15) is 0 Å². The highest BCUT2D eigenvalue weighted by molar-refractivity contribution is 7.99. The molecule has 0 fully saturated rings. The highest BCUT2D eigenvalue weighted by Gasteiger charge is 2.09. The van der Waals surface area contributed by atoms with Crippen LogP contribution < -0.4 is 5.32 Å². The predicted octanol–water partition coefficient (Wildman–Crippen LogP) is 1.86. The van der Waals surface area contributed by atoms with Crippen molar-refractivity contribution in [3.05, 3.63) is 23.8 Å². The van der Waals surface area contributed by atoms with Gasteiger partial charge in [-0.3, -0.25) is 0 Å². The first-order valence-corrected chi connectivity index (χ1v) is 7.29. The van der Waals surface area contributed by atoms with Gasteiger partial charge >= 0.3 is 0 Å². The maximum absolute atomic E-state index is 9.88. The van der Waals surface area contributed by atoms with Gasteiger partial charge in [0.05, 0.1) is 6.10 Å². The summed E-state index contributed by atoms with van der Waals surface area (Å²) in [4.78, 5) is 0. The molecule has 1 atom stereocenters. The molecule has 1 aromatic rings. The Morgan fingerprint density at radius 2 is 2.06 bits per heavy atom. The van der Waals surface area contributed by atoms with E-state index in [0.717, 1.165) is 24.5 Å². The fraction of sp³-hybridized carbons (Fsp3) is 0.538. The molecule has 0 radical (unpaired) electrons. The Morgan fingerprint density at radius 1 is 1.28 bits per heavy atom. The molecule has 1 aromatic carbocycles. The molecule has 0 aliphatic carbocycles. The second-order valence-corrected chi connectivity index (χ2v) is 5.41. The molecule has 5 heteroatoms. The lowest BCUT2D eigenvalue weighted by Crippen LogP contribution is -2.22. The van der Waals surface area contributed by atoms with E-state index < -0.39 is 6.10 Å². The zero-order chi connectivity index (χ0) is 13.4. The number of hydrogen-bond donors (Lipinski definition) is 4. The van der Waals surface area contributed by atoms with E-state index in [2.05, 4.69) is 12.2 Å². The number of phenolic OH excluding ortho intramolecular Hbond substituents is 2. The van der Waals surface area contributed by atoms with Crippen LogP contribution in [-0.2, 0) is 0 Å². The van der Waals surface area contributed by atoms with Crippen LogP contribution >= 0.6 is 11.8 Å². The molecule has 4 N–H and O–H groups in total. The third-order valence-electron chi connectivity index (χ3n) is 2.57. The van der Waals surface area contributed by atoms with Crippen molar-refractivity contribution in [1.82, 2.24) is 5.32 Å². The lowest BCUT2D eigenvalue weighted by Gasteiger charge is -2.12. The summed E-state index contributed by atoms with van der Waals surface area (Å²) >= 11 is 1.90. The molecule has 18 heavy (non-hydrogen) atoms. The summed E-state index contributed by atoms with van der Waals surface area (Å²) in [6, 6.07) is 4.37. The molecule has 4 nitrogen and oxygen atoms in total. The van der Waals surface area contributed by atoms with Gasteiger partial charge in [-0.15, -0.1) is 0 Å². The highest BCUT2D eigenvalue weighted by atomic mass is 32.2. The summed E-state index contributed by atoms with van der Waals surface area (Å²) in [7, 11) is 0. The van der Waals surface area contributed by atoms with Gasteiger partial charge < -0.3 is 20.6 Å². The van der Waals surface area contributed by atoms with E-state index in [0.29, 0.717) is 12.1 Å². The number of benzene rings is 1. The van der Waals surface area contributed by atoms with Crippen LogP contribution in [-0.4, -0.2) is 39.9 Å². The monoisotopic (exact) mass is 271 g/mol. The van der Waals surface area contributed by atoms with Crippen LogP contribution in [0.25, 0.3) is 0 Å². The summed E-state index contributed by atoms with van der Waals surface area (Å²) in [5.74, 6) is 1.89. The van der Waals surface area contributed by atoms with Gasteiger partial charge in [-0.25, -0.2) is 0 Å². The minimum Gasteiger partial charge on any atom is -0.504 e. The maximum atomic E-state index is 9.88. The lowest BCUT2D eigenvalue weighted by molar-refractivity contribution is 0.174. The highest BCUT2D eigenvalue weighted by Crippen LogP contribution is 2.27. The number of aromatic hydroxyl groups is 2. The van der Waals surface area contributed by atoms with E-state index in [-0.39, 0.29) is 11.5 Å². The van der Waals surface area contributed by atoms with Crippen molar-refractivity contribution in [2.45, 2.75) is 19.4 Å². The average Bonchev–Trinajstić information content (AvgIpc) is 2.36. The van der Waals surface area contributed by atoms with Gasteiger partial charge in [-0.05, 0) is 42.2 Å². The van der Waals surface area contributed by atoms with Crippen LogP contribution in [0.3, 0.4) is 0 Å². The van der Waals surface area contributed by atoms with Crippen LogP contribution in [0.15, 0.2) is 18.2 Å². The fourth-order valence-electron chi connectivity index (χ4n) is 1.55. The Balaban J connectivity index is 2.27. The quantitative estimate of drug-likeness (QED) is 0.429. The van der Waals surface area contributed by atoms with Crippen LogP contribution in [0.5, 0.6) is 11.5 Å². The van der Waals surface area contributed by atoms with Crippen molar-refractivity contribution in [2.75, 3.05) is 24.6 Å². The molecule has 0 bridgehead atoms. The normalized spacial score (nSPS) is 12.6. The Kier molecular flexibility index (Phi) is 6.93. The summed E-state index contributed by atoms with van der Waals surface area (Å²) in [5.41, 5.74) is 0.598. The third kappa shape index (κ3) is 5.16. The molecule has 0 saturated carbocycles. The molecule has 0 unspecified atom stereocenters. The first kappa shape index (κ1) is 15.1. The molecule has 0 aromatic heterocycles. The van der Waals surface area contributed by atoms with Gasteiger partial charge in [0.2, 0.25) is 0 Å². The van der Waals surface area contributed by atoms with E-state index in [1.807, 2.05) is 11.8 Å². The lowest BCUT2D eigenvalue weighted by atomic mass is 10.1. The Morgan fingerprint density at radius 3 is 2.72 bits per heavy atom. The van der Waals surface area contributed by atoms with E-state index >= 15 is 0 Å². The first-order valence-electron chi connectivity index (χ1n) is 6.13. The zero-order valence-corrected chi connectivity index (χ0v) is 11.4. The zero-order valence-electron chi connectivity index (χ0n) is 10.6. The van der Waals surface area contributed by atoms with Crippen LogP contribution in [0.4, 0.5) is 0 Å². The Labute approximate surface area is 112 Å². The number of nitrogens with one attached hydrogen (secondary N) is 1. The minimum absolute atomic E-state index is 0.171. The summed E-state index contributed by atoms with van der Waals surface area (Å²) in [6.07, 6.45) is 0.404. The minimum atomic E-state index is -0.671. The van der Waals surface area contributed by atoms with Crippen LogP contribution in [0.2, 0.25) is 0 Å². The second kappa shape index (κ2) is 8.24. The number of aliphatic hydroxyl groups excluding tert-OH is 1. The number of thioether (sulfide) groups is 1. The SMILES string of the molecule is CCSCCCNC[C@H](O)c1ccc(O)c(O)c1. The molecular formula is C13H21NO3S. The fourth-order valence-corrected chi connectivity index (χ4v) is 2.19. The van der Waals surface area contributed by atoms with E-state index in [1.165, 1.54) is 12.1 Å². The summed E-state index contributed by atoms with van der Waals surface area (Å²) < 4.78 is 0. The molecule has 1 rings (SSSR count). The van der Waals surface area contributed by atoms with Gasteiger partial charge in [0.25, 0.3) is 0 Å². The molecule has 0 aliphatic rings. The predicted molar refractivity (Wildman–Crippen MR) is 75.2 cm³/mol. The molecule has 0 amide bonds. The maximum Gasteiger partial charge on any atom is 0.157 e. The van der Waals surface area contributed by atoms with Crippen molar-refractivity contribution in [3.8, 4) is 11.5 Å². The van der Waals surface area contributed by atoms with Crippen molar-refractivity contribution < 1.29 is 15.3 Å². The average molecular weight is 271 g/mol. The number of hydrogen-bond acceptors (Lipinski definition) is 5. The molecule has 0 saturated heterocycles. The molecule has 102 valence electrons. The summed E-state index contributed by atoms with van der Waals surface area (Å²) in [5, 5.41) is 31.6. The second-order valence-electron chi connectivity index (χ2n) is 4.02. The Bertz CT molecular complexity index is 360. The van der Waals surface area contributed by atoms with Crippen LogP contribution in [0.1, 0.15) is 25.0 Å². The molecule has 0 spiro atoms. The van der Waals surface area contributed by atoms with Crippen molar-refractivity contribution >= 4 is 11.8 Å². The van der Waals surface area contributed by atoms with Crippen molar-refractivity contribution in [1.29, 1.82) is 0 Å². The van der Waals surface area contributed by atoms with Crippen molar-refractivity contribution in [2.24, 2.45) is 0 Å². The van der Waals surface area contributed by atoms with Gasteiger partial charge in [0, 0.05) is 6.54 Å². The third-order valence-corrected chi connectivity index (χ3v) is 3.55. The van der Waals surface area contributed by atoms with Crippen molar-refractivity contribution in [3.63, 3.8) is 0 Å². The smallest absolute Gasteiger partial charge is 0.157 e. The molecule has 0 aliphatic heterocycles. The number of rotatable bonds is 8. The molecule has 0 heterocycles.